The summed E-state index contributed by atoms with van der Waals surface area (Å²) in [6, 6.07) is -1.50. The molecular formula is C6H14N2O3. The van der Waals surface area contributed by atoms with E-state index in [4.69, 9.17) is 7.56 Å². The maximum absolute atomic E-state index is 9.56. The van der Waals surface area contributed by atoms with E-state index < -0.39 is 30.6 Å². The predicted octanol–water partition coefficient (Wildman–Crippen LogP) is -2.26. The van der Waals surface area contributed by atoms with Crippen molar-refractivity contribution in [3.05, 3.63) is 0 Å². The minimum absolute atomic E-state index is 0.466. The molecule has 5 atom stereocenters. The number of nitrogens with two attached hydrogens (primary N) is 2. The number of ether oxygens (including phenoxy) is 1. The lowest BCUT2D eigenvalue weighted by Gasteiger charge is -2.38. The van der Waals surface area contributed by atoms with Crippen molar-refractivity contribution in [2.75, 3.05) is 0 Å². The Morgan fingerprint density at radius 2 is 2.00 bits per heavy atom. The number of aliphatic hydroxyl groups is 2. The first-order valence-corrected chi connectivity index (χ1v) is 3.48. The molecule has 0 aliphatic carbocycles. The van der Waals surface area contributed by atoms with Crippen LogP contribution in [0.25, 0.3) is 0 Å². The highest BCUT2D eigenvalue weighted by Gasteiger charge is 2.38. The zero-order valence-electron chi connectivity index (χ0n) is 8.19. The highest BCUT2D eigenvalue weighted by molar-refractivity contribution is 4.91. The van der Waals surface area contributed by atoms with Crippen LogP contribution in [0.4, 0.5) is 0 Å². The Morgan fingerprint density at radius 3 is 2.55 bits per heavy atom. The van der Waals surface area contributed by atoms with Gasteiger partial charge in [-0.1, -0.05) is 0 Å². The lowest BCUT2D eigenvalue weighted by atomic mass is 9.97. The minimum atomic E-state index is -1.22. The van der Waals surface area contributed by atoms with Gasteiger partial charge in [-0.25, -0.2) is 0 Å². The van der Waals surface area contributed by atoms with Crippen LogP contribution in [0.2, 0.25) is 2.82 Å². The third-order valence-electron chi connectivity index (χ3n) is 1.90. The summed E-state index contributed by atoms with van der Waals surface area (Å²) in [6.07, 6.45) is -2.70. The molecule has 1 rings (SSSR count). The van der Waals surface area contributed by atoms with E-state index in [2.05, 4.69) is 5.73 Å². The van der Waals surface area contributed by atoms with Crippen LogP contribution < -0.4 is 11.5 Å². The summed E-state index contributed by atoms with van der Waals surface area (Å²) in [4.78, 5) is 0. The third kappa shape index (κ3) is 1.52. The molecule has 1 fully saturated rings. The van der Waals surface area contributed by atoms with E-state index in [1.54, 1.807) is 6.92 Å². The van der Waals surface area contributed by atoms with Gasteiger partial charge in [-0.05, 0) is 6.92 Å². The Morgan fingerprint density at radius 1 is 1.36 bits per heavy atom. The van der Waals surface area contributed by atoms with Crippen molar-refractivity contribution in [3.63, 3.8) is 0 Å². The maximum Gasteiger partial charge on any atom is 0.172 e. The van der Waals surface area contributed by atoms with Crippen LogP contribution in [0.5, 0.6) is 0 Å². The smallest absolute Gasteiger partial charge is 0.172 e. The van der Waals surface area contributed by atoms with E-state index >= 15 is 0 Å². The molecular weight excluding hydrogens is 148 g/mol. The standard InChI is InChI=1S/C6H14N2O3/c1-2-3(7)5(9)4(8)6(10)11-2/h2-6,9-10H,7-8H2,1H3/t2-,3-,4-,5+,6?/m1/s1/i/hD2. The van der Waals surface area contributed by atoms with E-state index in [1.807, 2.05) is 5.73 Å². The molecule has 0 radical (unpaired) electrons. The normalized spacial score (nSPS) is 55.0. The summed E-state index contributed by atoms with van der Waals surface area (Å²) >= 11 is 0. The zero-order valence-corrected chi connectivity index (χ0v) is 6.19. The average Bonchev–Trinajstić information content (AvgIpc) is 2.04. The Bertz CT molecular complexity index is 158. The Hall–Kier alpha value is -0.200. The summed E-state index contributed by atoms with van der Waals surface area (Å²) in [5.41, 5.74) is 4.12. The average molecular weight is 164 g/mol. The van der Waals surface area contributed by atoms with Crippen LogP contribution in [0.15, 0.2) is 0 Å². The Kier molecular flexibility index (Phi) is 1.75. The molecule has 11 heavy (non-hydrogen) atoms. The van der Waals surface area contributed by atoms with E-state index in [0.29, 0.717) is 0 Å². The maximum atomic E-state index is 9.56. The van der Waals surface area contributed by atoms with Gasteiger partial charge >= 0.3 is 0 Å². The monoisotopic (exact) mass is 164 g/mol. The molecule has 0 aromatic rings. The topological polar surface area (TPSA) is 102 Å². The fourth-order valence-electron chi connectivity index (χ4n) is 1.06. The van der Waals surface area contributed by atoms with Gasteiger partial charge in [0, 0.05) is 0 Å². The molecule has 1 aliphatic heterocycles. The van der Waals surface area contributed by atoms with Crippen LogP contribution in [0.3, 0.4) is 0 Å². The molecule has 5 heteroatoms. The Balaban J connectivity index is 2.69. The molecule has 6 N–H and O–H groups in total. The van der Waals surface area contributed by atoms with Gasteiger partial charge < -0.3 is 26.4 Å². The van der Waals surface area contributed by atoms with Crippen molar-refractivity contribution in [2.24, 2.45) is 11.5 Å². The van der Waals surface area contributed by atoms with Gasteiger partial charge in [-0.15, -0.1) is 0 Å². The summed E-state index contributed by atoms with van der Waals surface area (Å²) in [7, 11) is 0. The van der Waals surface area contributed by atoms with Crippen molar-refractivity contribution in [1.29, 1.82) is 0 Å². The van der Waals surface area contributed by atoms with Gasteiger partial charge in [-0.3, -0.25) is 0 Å². The van der Waals surface area contributed by atoms with Crippen LogP contribution in [0.1, 0.15) is 6.92 Å². The molecule has 66 valence electrons. The molecule has 0 bridgehead atoms. The first kappa shape index (κ1) is 6.33. The van der Waals surface area contributed by atoms with Crippen LogP contribution in [-0.4, -0.2) is 40.8 Å². The molecule has 0 aromatic carbocycles. The summed E-state index contributed by atoms with van der Waals surface area (Å²) in [6.45, 7) is 1.64. The summed E-state index contributed by atoms with van der Waals surface area (Å²) < 4.78 is 18.8. The first-order chi connectivity index (χ1) is 6.11. The molecule has 1 saturated heterocycles. The van der Waals surface area contributed by atoms with Gasteiger partial charge in [-0.2, -0.15) is 0 Å². The van der Waals surface area contributed by atoms with Crippen LogP contribution in [-0.2, 0) is 4.74 Å². The molecule has 0 saturated carbocycles. The molecule has 1 unspecified atom stereocenters. The lowest BCUT2D eigenvalue weighted by Crippen LogP contribution is -2.63. The zero-order chi connectivity index (χ0) is 10.0. The van der Waals surface area contributed by atoms with Crippen molar-refractivity contribution in [1.82, 2.24) is 0 Å². The quantitative estimate of drug-likeness (QED) is 0.369. The first-order valence-electron chi connectivity index (χ1n) is 4.48. The van der Waals surface area contributed by atoms with E-state index in [1.165, 1.54) is 0 Å². The van der Waals surface area contributed by atoms with Gasteiger partial charge in [0.1, 0.15) is 2.82 Å². The number of aliphatic hydroxyl groups excluding tert-OH is 2. The molecule has 1 aliphatic rings. The van der Waals surface area contributed by atoms with E-state index in [0.717, 1.165) is 0 Å². The fraction of sp³-hybridized carbons (Fsp3) is 1.00. The highest BCUT2D eigenvalue weighted by Crippen LogP contribution is 2.15. The molecule has 0 amide bonds. The SMILES string of the molecule is [2H]N[C@H]1[C@H](O)[C@@H](N[2H])C(O)O[C@@H]1C. The number of rotatable bonds is 2. The minimum Gasteiger partial charge on any atom is -0.390 e. The van der Waals surface area contributed by atoms with Crippen LogP contribution >= 0.6 is 0 Å². The number of hydrogen-bond donors (Lipinski definition) is 4. The van der Waals surface area contributed by atoms with E-state index in [-0.39, 0.29) is 0 Å². The summed E-state index contributed by atoms with van der Waals surface area (Å²) in [5, 5.41) is 18.8. The van der Waals surface area contributed by atoms with Crippen molar-refractivity contribution in [3.8, 4) is 0 Å². The second kappa shape index (κ2) is 3.04. The fourth-order valence-corrected chi connectivity index (χ4v) is 1.06. The van der Waals surface area contributed by atoms with Gasteiger partial charge in [0.2, 0.25) is 0 Å². The lowest BCUT2D eigenvalue weighted by molar-refractivity contribution is -0.202. The van der Waals surface area contributed by atoms with Gasteiger partial charge in [0.05, 0.1) is 24.3 Å². The molecule has 1 heterocycles. The second-order valence-corrected chi connectivity index (χ2v) is 2.77. The number of hydrogen-bond acceptors (Lipinski definition) is 5. The van der Waals surface area contributed by atoms with Crippen molar-refractivity contribution < 1.29 is 17.8 Å². The molecule has 5 nitrogen and oxygen atoms in total. The van der Waals surface area contributed by atoms with Crippen LogP contribution in [0, 0.1) is 0 Å². The largest absolute Gasteiger partial charge is 0.390 e. The van der Waals surface area contributed by atoms with Crippen molar-refractivity contribution in [2.45, 2.75) is 37.5 Å². The molecule has 0 aromatic heterocycles. The summed E-state index contributed by atoms with van der Waals surface area (Å²) in [5.74, 6) is 0. The van der Waals surface area contributed by atoms with E-state index in [9.17, 15) is 10.2 Å². The Labute approximate surface area is 67.9 Å². The second-order valence-electron chi connectivity index (χ2n) is 2.77. The van der Waals surface area contributed by atoms with Gasteiger partial charge in [0.15, 0.2) is 6.29 Å². The molecule has 0 spiro atoms. The van der Waals surface area contributed by atoms with Crippen molar-refractivity contribution >= 4 is 0 Å². The highest BCUT2D eigenvalue weighted by atomic mass is 16.6. The predicted molar refractivity (Wildman–Crippen MR) is 38.5 cm³/mol. The van der Waals surface area contributed by atoms with Gasteiger partial charge in [0.25, 0.3) is 0 Å². The third-order valence-corrected chi connectivity index (χ3v) is 1.90.